The molecule has 0 atom stereocenters. The van der Waals surface area contributed by atoms with E-state index in [0.717, 1.165) is 14.2 Å². The second-order valence-corrected chi connectivity index (χ2v) is 23.2. The molecule has 356 valence electrons. The van der Waals surface area contributed by atoms with Crippen molar-refractivity contribution in [3.63, 3.8) is 0 Å². The zero-order valence-electron chi connectivity index (χ0n) is 32.7. The van der Waals surface area contributed by atoms with Crippen LogP contribution in [0.5, 0.6) is 11.5 Å². The number of aryl methyl sites for hydroxylation is 1. The Labute approximate surface area is 375 Å². The standard InChI is InChI=1S/C31H35Cl2N3O22S6/c1-51-63(47,48)55-10-3-4-18-5-6-19-26(30(18)59(37,38)15-13-56-64(49,50)52-2)57-28-22(32)25-29(23(33)24(28)35-19)58-27-20(36-25)7-8-21(34-9-11-53-16-61(41,42)43)31(27)60(39,40)14-12-54-17-62(44,45)46/h5-8,35H,3-4,9-17H2,1-2H3,(H,41,42,43)(H,44,45,46). The summed E-state index contributed by atoms with van der Waals surface area (Å²) in [4.78, 5) is 7.50. The first-order valence-electron chi connectivity index (χ1n) is 17.5. The molecular formula is C31H35Cl2N3O22S6. The molecular weight excluding hydrogens is 1030 g/mol. The summed E-state index contributed by atoms with van der Waals surface area (Å²) in [5.41, 5.74) is -0.917. The third-order valence-electron chi connectivity index (χ3n) is 8.34. The largest absolute Gasteiger partial charge is 0.450 e. The number of nitrogens with zero attached hydrogens (tertiary/aromatic N) is 2. The quantitative estimate of drug-likeness (QED) is 0.0478. The molecule has 33 heteroatoms. The third kappa shape index (κ3) is 12.9. The molecule has 0 bridgehead atoms. The summed E-state index contributed by atoms with van der Waals surface area (Å²) in [7, 11) is -25.5. The number of fused-ring (bicyclic) bond motifs is 4. The number of nitrogens with one attached hydrogen (secondary N) is 1. The zero-order chi connectivity index (χ0) is 47.5. The molecule has 0 unspecified atom stereocenters. The molecule has 25 nitrogen and oxygen atoms in total. The van der Waals surface area contributed by atoms with Crippen LogP contribution in [-0.2, 0) is 93.3 Å². The number of halogens is 2. The maximum Gasteiger partial charge on any atom is 0.399 e. The van der Waals surface area contributed by atoms with Crippen molar-refractivity contribution in [2.45, 2.75) is 22.6 Å². The van der Waals surface area contributed by atoms with E-state index in [1.165, 1.54) is 24.3 Å². The third-order valence-corrected chi connectivity index (χ3v) is 15.2. The highest BCUT2D eigenvalue weighted by Crippen LogP contribution is 2.55. The fraction of sp³-hybridized carbons (Fsp3) is 0.419. The van der Waals surface area contributed by atoms with Crippen molar-refractivity contribution < 1.29 is 95.0 Å². The van der Waals surface area contributed by atoms with Crippen molar-refractivity contribution in [2.75, 3.05) is 75.9 Å². The van der Waals surface area contributed by atoms with Crippen LogP contribution in [0.15, 0.2) is 43.5 Å². The van der Waals surface area contributed by atoms with E-state index >= 15 is 0 Å². The average Bonchev–Trinajstić information content (AvgIpc) is 3.20. The first kappa shape index (κ1) is 51.6. The molecule has 0 saturated heterocycles. The van der Waals surface area contributed by atoms with Gasteiger partial charge in [0.15, 0.2) is 54.4 Å². The van der Waals surface area contributed by atoms with Crippen LogP contribution in [0.25, 0.3) is 22.6 Å². The fourth-order valence-corrected chi connectivity index (χ4v) is 10.7. The van der Waals surface area contributed by atoms with E-state index in [1.807, 2.05) is 0 Å². The van der Waals surface area contributed by atoms with Crippen LogP contribution in [0.3, 0.4) is 0 Å². The first-order chi connectivity index (χ1) is 29.7. The minimum absolute atomic E-state index is 0.0463. The molecule has 2 aromatic rings. The minimum atomic E-state index is -4.64. The summed E-state index contributed by atoms with van der Waals surface area (Å²) in [5.74, 6) is -5.29. The van der Waals surface area contributed by atoms with Gasteiger partial charge < -0.3 is 23.9 Å². The molecule has 0 saturated carbocycles. The van der Waals surface area contributed by atoms with Crippen molar-refractivity contribution in [2.24, 2.45) is 4.99 Å². The Kier molecular flexibility index (Phi) is 16.3. The summed E-state index contributed by atoms with van der Waals surface area (Å²) in [6.45, 7) is -2.86. The summed E-state index contributed by atoms with van der Waals surface area (Å²) >= 11 is 13.7. The molecule has 0 spiro atoms. The number of hydrogen-bond donors (Lipinski definition) is 3. The molecule has 0 aromatic heterocycles. The van der Waals surface area contributed by atoms with Gasteiger partial charge in [-0.2, -0.15) is 33.7 Å². The molecule has 2 aromatic carbocycles. The predicted molar refractivity (Wildman–Crippen MR) is 222 cm³/mol. The van der Waals surface area contributed by atoms with E-state index < -0.39 is 126 Å². The van der Waals surface area contributed by atoms with Gasteiger partial charge in [0.05, 0.1) is 69.7 Å². The molecule has 3 N–H and O–H groups in total. The van der Waals surface area contributed by atoms with Crippen molar-refractivity contribution >= 4 is 106 Å². The van der Waals surface area contributed by atoms with Gasteiger partial charge in [-0.05, 0) is 36.6 Å². The van der Waals surface area contributed by atoms with Gasteiger partial charge in [-0.25, -0.2) is 30.2 Å². The molecule has 2 heterocycles. The lowest BCUT2D eigenvalue weighted by Gasteiger charge is -2.27. The Morgan fingerprint density at radius 3 is 1.94 bits per heavy atom. The summed E-state index contributed by atoms with van der Waals surface area (Å²) in [6, 6.07) is 5.16. The Morgan fingerprint density at radius 2 is 1.31 bits per heavy atom. The van der Waals surface area contributed by atoms with Gasteiger partial charge in [0.2, 0.25) is 0 Å². The minimum Gasteiger partial charge on any atom is -0.450 e. The number of aromatic nitrogens is 1. The second kappa shape index (κ2) is 20.2. The molecule has 5 rings (SSSR count). The molecule has 64 heavy (non-hydrogen) atoms. The maximum absolute atomic E-state index is 14.0. The van der Waals surface area contributed by atoms with Gasteiger partial charge in [0.1, 0.15) is 36.7 Å². The van der Waals surface area contributed by atoms with Crippen LogP contribution in [-0.4, -0.2) is 135 Å². The van der Waals surface area contributed by atoms with Gasteiger partial charge in [-0.15, -0.1) is 0 Å². The lowest BCUT2D eigenvalue weighted by molar-refractivity contribution is 0.178. The fourth-order valence-electron chi connectivity index (χ4n) is 5.69. The van der Waals surface area contributed by atoms with E-state index in [4.69, 9.17) is 55.1 Å². The Bertz CT molecular complexity index is 3160. The number of hydrogen-bond acceptors (Lipinski definition) is 23. The van der Waals surface area contributed by atoms with Gasteiger partial charge in [0.25, 0.3) is 20.2 Å². The summed E-state index contributed by atoms with van der Waals surface area (Å²) in [5, 5.41) is 1.94. The van der Waals surface area contributed by atoms with Crippen molar-refractivity contribution in [1.29, 1.82) is 0 Å². The molecule has 2 aliphatic heterocycles. The number of benzene rings is 3. The normalized spacial score (nSPS) is 14.1. The molecule has 0 amide bonds. The Balaban J connectivity index is 1.63. The van der Waals surface area contributed by atoms with Gasteiger partial charge in [-0.1, -0.05) is 29.3 Å². The molecule has 0 radical (unpaired) electrons. The molecule has 0 fully saturated rings. The number of rotatable bonds is 23. The Morgan fingerprint density at radius 1 is 0.719 bits per heavy atom. The SMILES string of the molecule is COS(=O)(=O)OCCCc1ccc2c(c1S(=O)(=O)CCOS(=O)(=O)OC)Oc1c(c(Cl)c3oc4c(S(=O)(=O)CCOCS(=O)(=O)O)c(=NCCOCS(=O)(=O)O)ccc-4nc3c1Cl)N2. The van der Waals surface area contributed by atoms with Crippen molar-refractivity contribution in [3.8, 4) is 23.0 Å². The monoisotopic (exact) mass is 1060 g/mol. The van der Waals surface area contributed by atoms with E-state index in [9.17, 15) is 50.5 Å². The van der Waals surface area contributed by atoms with Gasteiger partial charge in [0, 0.05) is 0 Å². The van der Waals surface area contributed by atoms with Crippen LogP contribution in [0.2, 0.25) is 10.0 Å². The molecule has 1 aliphatic carbocycles. The van der Waals surface area contributed by atoms with Gasteiger partial charge >= 0.3 is 20.8 Å². The smallest absolute Gasteiger partial charge is 0.399 e. The van der Waals surface area contributed by atoms with Crippen LogP contribution in [0.4, 0.5) is 11.4 Å². The van der Waals surface area contributed by atoms with Crippen LogP contribution < -0.4 is 15.4 Å². The van der Waals surface area contributed by atoms with E-state index in [1.54, 1.807) is 0 Å². The zero-order valence-corrected chi connectivity index (χ0v) is 39.2. The van der Waals surface area contributed by atoms with Gasteiger partial charge in [-0.3, -0.25) is 22.5 Å². The van der Waals surface area contributed by atoms with E-state index in [-0.39, 0.29) is 80.0 Å². The lowest BCUT2D eigenvalue weighted by atomic mass is 10.1. The van der Waals surface area contributed by atoms with Crippen LogP contribution in [0.1, 0.15) is 12.0 Å². The number of anilines is 2. The Hall–Kier alpha value is -3.38. The highest BCUT2D eigenvalue weighted by Gasteiger charge is 2.35. The van der Waals surface area contributed by atoms with E-state index in [0.29, 0.717) is 0 Å². The van der Waals surface area contributed by atoms with Crippen LogP contribution >= 0.6 is 23.2 Å². The van der Waals surface area contributed by atoms with Crippen LogP contribution in [0, 0.1) is 0 Å². The summed E-state index contributed by atoms with van der Waals surface area (Å²) in [6.07, 6.45) is -0.221. The predicted octanol–water partition coefficient (Wildman–Crippen LogP) is 2.01. The lowest BCUT2D eigenvalue weighted by Crippen LogP contribution is -2.24. The molecule has 3 aliphatic rings. The van der Waals surface area contributed by atoms with E-state index in [2.05, 4.69) is 27.8 Å². The highest BCUT2D eigenvalue weighted by molar-refractivity contribution is 7.92. The summed E-state index contributed by atoms with van der Waals surface area (Å²) < 4.78 is 205. The number of ether oxygens (including phenoxy) is 3. The van der Waals surface area contributed by atoms with Crippen molar-refractivity contribution in [1.82, 2.24) is 4.98 Å². The topological polar surface area (TPSA) is 360 Å². The van der Waals surface area contributed by atoms with Crippen molar-refractivity contribution in [3.05, 3.63) is 45.2 Å². The highest BCUT2D eigenvalue weighted by atomic mass is 35.5. The number of sulfone groups is 2. The average molecular weight is 1060 g/mol. The first-order valence-corrected chi connectivity index (χ1v) is 27.4. The second-order valence-electron chi connectivity index (χ2n) is 12.8. The maximum atomic E-state index is 14.0.